The number of carboxylic acid groups (broad SMARTS) is 1. The lowest BCUT2D eigenvalue weighted by Gasteiger charge is -2.11. The first-order valence-corrected chi connectivity index (χ1v) is 5.02. The molecule has 0 atom stereocenters. The van der Waals surface area contributed by atoms with Gasteiger partial charge in [0.1, 0.15) is 12.4 Å². The maximum Gasteiger partial charge on any atom is 0.303 e. The topological polar surface area (TPSA) is 59.7 Å². The predicted octanol–water partition coefficient (Wildman–Crippen LogP) is 2.05. The molecule has 0 radical (unpaired) electrons. The fraction of sp³-hybridized carbons (Fsp3) is 0.545. The number of ether oxygens (including phenoxy) is 1. The normalized spacial score (nSPS) is 17.6. The number of hydrogen-bond donors (Lipinski definition) is 1. The van der Waals surface area contributed by atoms with Gasteiger partial charge in [-0.05, 0) is 25.0 Å². The van der Waals surface area contributed by atoms with Gasteiger partial charge in [-0.2, -0.15) is 0 Å². The Bertz CT molecular complexity index is 324. The maximum absolute atomic E-state index is 10.6. The molecule has 0 unspecified atom stereocenters. The van der Waals surface area contributed by atoms with E-state index in [1.807, 2.05) is 12.1 Å². The molecule has 0 saturated heterocycles. The second kappa shape index (κ2) is 4.06. The Labute approximate surface area is 87.8 Å². The van der Waals surface area contributed by atoms with Gasteiger partial charge in [-0.15, -0.1) is 0 Å². The second-order valence-corrected chi connectivity index (χ2v) is 4.14. The summed E-state index contributed by atoms with van der Waals surface area (Å²) in [4.78, 5) is 10.6. The van der Waals surface area contributed by atoms with Crippen molar-refractivity contribution in [1.29, 1.82) is 0 Å². The van der Waals surface area contributed by atoms with Crippen LogP contribution in [-0.2, 0) is 16.1 Å². The lowest BCUT2D eigenvalue weighted by molar-refractivity contribution is -0.139. The fourth-order valence-corrected chi connectivity index (χ4v) is 1.63. The van der Waals surface area contributed by atoms with Crippen molar-refractivity contribution in [2.45, 2.75) is 25.9 Å². The summed E-state index contributed by atoms with van der Waals surface area (Å²) in [7, 11) is 0. The average Bonchev–Trinajstić information content (AvgIpc) is 2.74. The van der Waals surface area contributed by atoms with Gasteiger partial charge in [-0.1, -0.05) is 0 Å². The molecule has 1 fully saturated rings. The van der Waals surface area contributed by atoms with Crippen molar-refractivity contribution in [3.63, 3.8) is 0 Å². The van der Waals surface area contributed by atoms with Crippen molar-refractivity contribution in [1.82, 2.24) is 0 Å². The molecular weight excluding hydrogens is 196 g/mol. The molecule has 1 aromatic heterocycles. The Morgan fingerprint density at radius 1 is 1.60 bits per heavy atom. The first kappa shape index (κ1) is 10.2. The second-order valence-electron chi connectivity index (χ2n) is 4.14. The van der Waals surface area contributed by atoms with E-state index in [-0.39, 0.29) is 11.8 Å². The molecule has 0 bridgehead atoms. The van der Waals surface area contributed by atoms with Crippen LogP contribution in [0.3, 0.4) is 0 Å². The molecule has 1 aliphatic rings. The summed E-state index contributed by atoms with van der Waals surface area (Å²) < 4.78 is 10.6. The van der Waals surface area contributed by atoms with Crippen LogP contribution >= 0.6 is 0 Å². The SMILES string of the molecule is O=C(O)CC1(COCc2ccco2)CC1. The summed E-state index contributed by atoms with van der Waals surface area (Å²) in [6, 6.07) is 3.65. The summed E-state index contributed by atoms with van der Waals surface area (Å²) in [5.41, 5.74) is -0.0988. The molecule has 0 aromatic carbocycles. The minimum Gasteiger partial charge on any atom is -0.481 e. The summed E-state index contributed by atoms with van der Waals surface area (Å²) in [6.07, 6.45) is 3.73. The largest absolute Gasteiger partial charge is 0.481 e. The van der Waals surface area contributed by atoms with Crippen molar-refractivity contribution >= 4 is 5.97 Å². The number of furan rings is 1. The summed E-state index contributed by atoms with van der Waals surface area (Å²) in [6.45, 7) is 0.939. The first-order chi connectivity index (χ1) is 7.20. The van der Waals surface area contributed by atoms with Crippen LogP contribution < -0.4 is 0 Å². The van der Waals surface area contributed by atoms with Crippen LogP contribution in [0.25, 0.3) is 0 Å². The van der Waals surface area contributed by atoms with Crippen molar-refractivity contribution in [2.24, 2.45) is 5.41 Å². The molecule has 82 valence electrons. The number of rotatable bonds is 6. The highest BCUT2D eigenvalue weighted by atomic mass is 16.5. The van der Waals surface area contributed by atoms with Crippen molar-refractivity contribution < 1.29 is 19.1 Å². The zero-order chi connectivity index (χ0) is 10.7. The lowest BCUT2D eigenvalue weighted by atomic mass is 10.0. The number of carbonyl (C=O) groups is 1. The van der Waals surface area contributed by atoms with Gasteiger partial charge in [0.25, 0.3) is 0 Å². The van der Waals surface area contributed by atoms with Gasteiger partial charge in [-0.3, -0.25) is 4.79 Å². The third-order valence-electron chi connectivity index (χ3n) is 2.72. The molecule has 0 amide bonds. The highest BCUT2D eigenvalue weighted by molar-refractivity contribution is 5.68. The van der Waals surface area contributed by atoms with Gasteiger partial charge in [0.05, 0.1) is 19.3 Å². The third kappa shape index (κ3) is 2.83. The van der Waals surface area contributed by atoms with Gasteiger partial charge in [0, 0.05) is 5.41 Å². The van der Waals surface area contributed by atoms with Crippen LogP contribution in [0.15, 0.2) is 22.8 Å². The number of aliphatic carboxylic acids is 1. The molecule has 1 heterocycles. The molecule has 1 aliphatic carbocycles. The molecular formula is C11H14O4. The van der Waals surface area contributed by atoms with E-state index in [9.17, 15) is 4.79 Å². The van der Waals surface area contributed by atoms with Crippen molar-refractivity contribution in [3.05, 3.63) is 24.2 Å². The predicted molar refractivity (Wildman–Crippen MR) is 52.3 cm³/mol. The van der Waals surface area contributed by atoms with Gasteiger partial charge in [0.2, 0.25) is 0 Å². The van der Waals surface area contributed by atoms with Crippen molar-refractivity contribution in [3.8, 4) is 0 Å². The van der Waals surface area contributed by atoms with Crippen LogP contribution in [-0.4, -0.2) is 17.7 Å². The zero-order valence-electron chi connectivity index (χ0n) is 8.44. The minimum atomic E-state index is -0.742. The lowest BCUT2D eigenvalue weighted by Crippen LogP contribution is -2.15. The molecule has 1 N–H and O–H groups in total. The minimum absolute atomic E-state index is 0.0988. The molecule has 4 nitrogen and oxygen atoms in total. The van der Waals surface area contributed by atoms with Crippen LogP contribution in [0.4, 0.5) is 0 Å². The molecule has 1 saturated carbocycles. The molecule has 0 spiro atoms. The number of hydrogen-bond acceptors (Lipinski definition) is 3. The van der Waals surface area contributed by atoms with Gasteiger partial charge in [-0.25, -0.2) is 0 Å². The highest BCUT2D eigenvalue weighted by Crippen LogP contribution is 2.49. The standard InChI is InChI=1S/C11H14O4/c12-10(13)6-11(3-4-11)8-14-7-9-2-1-5-15-9/h1-2,5H,3-4,6-8H2,(H,12,13). The Hall–Kier alpha value is -1.29. The quantitative estimate of drug-likeness (QED) is 0.780. The van der Waals surface area contributed by atoms with Crippen LogP contribution in [0, 0.1) is 5.41 Å². The number of carboxylic acids is 1. The Balaban J connectivity index is 1.72. The van der Waals surface area contributed by atoms with Crippen LogP contribution in [0.2, 0.25) is 0 Å². The van der Waals surface area contributed by atoms with Gasteiger partial charge < -0.3 is 14.3 Å². The highest BCUT2D eigenvalue weighted by Gasteiger charge is 2.44. The average molecular weight is 210 g/mol. The molecule has 4 heteroatoms. The molecule has 1 aromatic rings. The Morgan fingerprint density at radius 3 is 2.93 bits per heavy atom. The van der Waals surface area contributed by atoms with Crippen molar-refractivity contribution in [2.75, 3.05) is 6.61 Å². The van der Waals surface area contributed by atoms with Gasteiger partial charge in [0.15, 0.2) is 0 Å². The fourth-order valence-electron chi connectivity index (χ4n) is 1.63. The van der Waals surface area contributed by atoms with E-state index < -0.39 is 5.97 Å². The smallest absolute Gasteiger partial charge is 0.303 e. The monoisotopic (exact) mass is 210 g/mol. The molecule has 15 heavy (non-hydrogen) atoms. The maximum atomic E-state index is 10.6. The third-order valence-corrected chi connectivity index (χ3v) is 2.72. The van der Waals surface area contributed by atoms with E-state index in [1.54, 1.807) is 6.26 Å². The van der Waals surface area contributed by atoms with E-state index in [4.69, 9.17) is 14.3 Å². The Kier molecular flexibility index (Phi) is 2.77. The first-order valence-electron chi connectivity index (χ1n) is 5.02. The van der Waals surface area contributed by atoms with E-state index in [1.165, 1.54) is 0 Å². The summed E-state index contributed by atoms with van der Waals surface area (Å²) in [5, 5.41) is 8.70. The Morgan fingerprint density at radius 2 is 2.40 bits per heavy atom. The van der Waals surface area contributed by atoms with E-state index >= 15 is 0 Å². The van der Waals surface area contributed by atoms with E-state index in [0.717, 1.165) is 18.6 Å². The van der Waals surface area contributed by atoms with Crippen LogP contribution in [0.5, 0.6) is 0 Å². The van der Waals surface area contributed by atoms with E-state index in [0.29, 0.717) is 13.2 Å². The van der Waals surface area contributed by atoms with E-state index in [2.05, 4.69) is 0 Å². The summed E-state index contributed by atoms with van der Waals surface area (Å²) in [5.74, 6) is 0.0372. The van der Waals surface area contributed by atoms with Crippen LogP contribution in [0.1, 0.15) is 25.0 Å². The molecule has 2 rings (SSSR count). The molecule has 0 aliphatic heterocycles. The van der Waals surface area contributed by atoms with Gasteiger partial charge >= 0.3 is 5.97 Å². The summed E-state index contributed by atoms with van der Waals surface area (Å²) >= 11 is 0. The zero-order valence-corrected chi connectivity index (χ0v) is 8.44.